The molecule has 0 spiro atoms. The Morgan fingerprint density at radius 1 is 1.12 bits per heavy atom. The molecule has 3 rings (SSSR count). The highest BCUT2D eigenvalue weighted by atomic mass is 16.2. The van der Waals surface area contributed by atoms with Gasteiger partial charge in [-0.2, -0.15) is 0 Å². The molecule has 1 heterocycles. The third-order valence-corrected chi connectivity index (χ3v) is 5.22. The summed E-state index contributed by atoms with van der Waals surface area (Å²) in [6.45, 7) is 8.79. The molecule has 2 amide bonds. The fourth-order valence-corrected chi connectivity index (χ4v) is 3.95. The Morgan fingerprint density at radius 3 is 2.42 bits per heavy atom. The molecule has 2 aromatic carbocycles. The van der Waals surface area contributed by atoms with Crippen LogP contribution in [0, 0.1) is 20.8 Å². The molecule has 0 fully saturated rings. The zero-order valence-corrected chi connectivity index (χ0v) is 15.9. The Hall–Kier alpha value is -2.62. The summed E-state index contributed by atoms with van der Waals surface area (Å²) in [4.78, 5) is 26.8. The number of hydrogen-bond donors (Lipinski definition) is 1. The number of nitrogens with one attached hydrogen (secondary N) is 1. The standard InChI is InChI=1S/C22H26N2O2/c1-14-11-15(2)20(16(3)12-14)13-23-22(26)21-19-8-6-5-7-18(19)9-10-24(21)17(4)25/h5-8,11-12,21H,9-10,13H2,1-4H3,(H,23,26)/t21-/m1/s1. The number of benzene rings is 2. The van der Waals surface area contributed by atoms with Crippen LogP contribution in [0.25, 0.3) is 0 Å². The maximum atomic E-state index is 13.0. The molecule has 1 aliphatic heterocycles. The van der Waals surface area contributed by atoms with Crippen LogP contribution in [0.2, 0.25) is 0 Å². The largest absolute Gasteiger partial charge is 0.350 e. The summed E-state index contributed by atoms with van der Waals surface area (Å²) in [6.07, 6.45) is 0.787. The summed E-state index contributed by atoms with van der Waals surface area (Å²) < 4.78 is 0. The molecule has 4 heteroatoms. The fraction of sp³-hybridized carbons (Fsp3) is 0.364. The van der Waals surface area contributed by atoms with Crippen LogP contribution >= 0.6 is 0 Å². The van der Waals surface area contributed by atoms with Gasteiger partial charge in [-0.15, -0.1) is 0 Å². The van der Waals surface area contributed by atoms with Crippen molar-refractivity contribution >= 4 is 11.8 Å². The van der Waals surface area contributed by atoms with E-state index in [4.69, 9.17) is 0 Å². The second kappa shape index (κ2) is 7.32. The summed E-state index contributed by atoms with van der Waals surface area (Å²) in [5.41, 5.74) is 6.80. The fourth-order valence-electron chi connectivity index (χ4n) is 3.95. The van der Waals surface area contributed by atoms with E-state index in [0.29, 0.717) is 13.1 Å². The lowest BCUT2D eigenvalue weighted by molar-refractivity contribution is -0.139. The summed E-state index contributed by atoms with van der Waals surface area (Å²) >= 11 is 0. The second-order valence-electron chi connectivity index (χ2n) is 7.16. The molecule has 0 aromatic heterocycles. The smallest absolute Gasteiger partial charge is 0.247 e. The minimum atomic E-state index is -0.552. The summed E-state index contributed by atoms with van der Waals surface area (Å²) in [6, 6.07) is 11.6. The van der Waals surface area contributed by atoms with Crippen molar-refractivity contribution in [3.05, 3.63) is 69.8 Å². The quantitative estimate of drug-likeness (QED) is 0.923. The van der Waals surface area contributed by atoms with Gasteiger partial charge in [0, 0.05) is 20.0 Å². The summed E-state index contributed by atoms with van der Waals surface area (Å²) in [5.74, 6) is -0.186. The molecule has 26 heavy (non-hydrogen) atoms. The summed E-state index contributed by atoms with van der Waals surface area (Å²) in [5, 5.41) is 3.06. The molecule has 0 radical (unpaired) electrons. The molecular formula is C22H26N2O2. The highest BCUT2D eigenvalue weighted by Gasteiger charge is 2.34. The van der Waals surface area contributed by atoms with Crippen LogP contribution in [0.4, 0.5) is 0 Å². The van der Waals surface area contributed by atoms with Gasteiger partial charge in [-0.1, -0.05) is 42.0 Å². The van der Waals surface area contributed by atoms with Crippen molar-refractivity contribution < 1.29 is 9.59 Å². The van der Waals surface area contributed by atoms with Crippen LogP contribution in [-0.4, -0.2) is 23.3 Å². The number of nitrogens with zero attached hydrogens (tertiary/aromatic N) is 1. The zero-order chi connectivity index (χ0) is 18.8. The minimum Gasteiger partial charge on any atom is -0.350 e. The van der Waals surface area contributed by atoms with Crippen molar-refractivity contribution in [1.29, 1.82) is 0 Å². The molecule has 1 N–H and O–H groups in total. The van der Waals surface area contributed by atoms with E-state index in [9.17, 15) is 9.59 Å². The normalized spacial score (nSPS) is 16.2. The van der Waals surface area contributed by atoms with Crippen LogP contribution in [0.3, 0.4) is 0 Å². The first-order valence-corrected chi connectivity index (χ1v) is 9.08. The number of carbonyl (C=O) groups excluding carboxylic acids is 2. The van der Waals surface area contributed by atoms with Crippen molar-refractivity contribution in [2.75, 3.05) is 6.54 Å². The van der Waals surface area contributed by atoms with Crippen LogP contribution < -0.4 is 5.32 Å². The number of hydrogen-bond acceptors (Lipinski definition) is 2. The predicted molar refractivity (Wildman–Crippen MR) is 103 cm³/mol. The summed E-state index contributed by atoms with van der Waals surface area (Å²) in [7, 11) is 0. The van der Waals surface area contributed by atoms with E-state index in [1.165, 1.54) is 23.6 Å². The lowest BCUT2D eigenvalue weighted by Crippen LogP contribution is -2.46. The molecule has 2 aromatic rings. The molecule has 1 aliphatic rings. The van der Waals surface area contributed by atoms with Gasteiger partial charge in [0.1, 0.15) is 6.04 Å². The van der Waals surface area contributed by atoms with E-state index in [-0.39, 0.29) is 11.8 Å². The van der Waals surface area contributed by atoms with Crippen molar-refractivity contribution in [3.63, 3.8) is 0 Å². The van der Waals surface area contributed by atoms with Crippen LogP contribution in [0.1, 0.15) is 46.3 Å². The van der Waals surface area contributed by atoms with E-state index >= 15 is 0 Å². The number of amides is 2. The molecule has 136 valence electrons. The Labute approximate surface area is 155 Å². The van der Waals surface area contributed by atoms with Crippen molar-refractivity contribution in [2.24, 2.45) is 0 Å². The maximum Gasteiger partial charge on any atom is 0.247 e. The predicted octanol–water partition coefficient (Wildman–Crippen LogP) is 3.37. The van der Waals surface area contributed by atoms with Crippen molar-refractivity contribution in [1.82, 2.24) is 10.2 Å². The van der Waals surface area contributed by atoms with Crippen LogP contribution in [0.5, 0.6) is 0 Å². The van der Waals surface area contributed by atoms with Gasteiger partial charge in [-0.25, -0.2) is 0 Å². The van der Waals surface area contributed by atoms with E-state index in [0.717, 1.165) is 23.1 Å². The number of rotatable bonds is 3. The van der Waals surface area contributed by atoms with Gasteiger partial charge >= 0.3 is 0 Å². The number of aryl methyl sites for hydroxylation is 3. The maximum absolute atomic E-state index is 13.0. The number of fused-ring (bicyclic) bond motifs is 1. The Kier molecular flexibility index (Phi) is 5.12. The van der Waals surface area contributed by atoms with Crippen LogP contribution in [0.15, 0.2) is 36.4 Å². The molecule has 0 saturated carbocycles. The topological polar surface area (TPSA) is 49.4 Å². The minimum absolute atomic E-state index is 0.0673. The highest BCUT2D eigenvalue weighted by molar-refractivity contribution is 5.88. The molecule has 0 aliphatic carbocycles. The lowest BCUT2D eigenvalue weighted by atomic mass is 9.91. The van der Waals surface area contributed by atoms with Gasteiger partial charge in [0.15, 0.2) is 0 Å². The van der Waals surface area contributed by atoms with Gasteiger partial charge in [0.05, 0.1) is 0 Å². The first-order valence-electron chi connectivity index (χ1n) is 9.08. The average molecular weight is 350 g/mol. The van der Waals surface area contributed by atoms with Gasteiger partial charge < -0.3 is 10.2 Å². The first-order chi connectivity index (χ1) is 12.4. The molecule has 4 nitrogen and oxygen atoms in total. The Bertz CT molecular complexity index is 834. The molecule has 0 saturated heterocycles. The van der Waals surface area contributed by atoms with E-state index in [2.05, 4.69) is 38.2 Å². The molecule has 1 atom stereocenters. The van der Waals surface area contributed by atoms with E-state index in [1.54, 1.807) is 4.90 Å². The van der Waals surface area contributed by atoms with Crippen LogP contribution in [-0.2, 0) is 22.6 Å². The van der Waals surface area contributed by atoms with E-state index < -0.39 is 6.04 Å². The third-order valence-electron chi connectivity index (χ3n) is 5.22. The highest BCUT2D eigenvalue weighted by Crippen LogP contribution is 2.30. The van der Waals surface area contributed by atoms with E-state index in [1.807, 2.05) is 24.3 Å². The van der Waals surface area contributed by atoms with Gasteiger partial charge in [0.25, 0.3) is 0 Å². The molecule has 0 bridgehead atoms. The van der Waals surface area contributed by atoms with Gasteiger partial charge in [-0.05, 0) is 55.0 Å². The second-order valence-corrected chi connectivity index (χ2v) is 7.16. The molecular weight excluding hydrogens is 324 g/mol. The Balaban J connectivity index is 1.85. The van der Waals surface area contributed by atoms with Crippen molar-refractivity contribution in [3.8, 4) is 0 Å². The SMILES string of the molecule is CC(=O)N1CCc2ccccc2[C@@H]1C(=O)NCc1c(C)cc(C)cc1C. The van der Waals surface area contributed by atoms with Crippen molar-refractivity contribution in [2.45, 2.75) is 46.7 Å². The average Bonchev–Trinajstić information content (AvgIpc) is 2.59. The Morgan fingerprint density at radius 2 is 1.77 bits per heavy atom. The van der Waals surface area contributed by atoms with Gasteiger partial charge in [0.2, 0.25) is 11.8 Å². The molecule has 0 unspecified atom stereocenters. The van der Waals surface area contributed by atoms with Gasteiger partial charge in [-0.3, -0.25) is 9.59 Å². The number of carbonyl (C=O) groups is 2. The first kappa shape index (κ1) is 18.2. The third kappa shape index (κ3) is 3.50. The lowest BCUT2D eigenvalue weighted by Gasteiger charge is -2.35. The zero-order valence-electron chi connectivity index (χ0n) is 15.9. The monoisotopic (exact) mass is 350 g/mol.